The van der Waals surface area contributed by atoms with Gasteiger partial charge >= 0.3 is 0 Å². The van der Waals surface area contributed by atoms with Gasteiger partial charge in [0.15, 0.2) is 17.5 Å². The van der Waals surface area contributed by atoms with Crippen LogP contribution in [0, 0.1) is 24.5 Å². The van der Waals surface area contributed by atoms with Crippen LogP contribution in [0.2, 0.25) is 0 Å². The Morgan fingerprint density at radius 1 is 1.18 bits per heavy atom. The first-order valence-corrected chi connectivity index (χ1v) is 10.3. The normalized spacial score (nSPS) is 15.2. The zero-order valence-electron chi connectivity index (χ0n) is 18.4. The predicted molar refractivity (Wildman–Crippen MR) is 124 cm³/mol. The minimum atomic E-state index is -0.877. The minimum absolute atomic E-state index is 0. The maximum atomic E-state index is 13.4. The van der Waals surface area contributed by atoms with E-state index < -0.39 is 11.6 Å². The monoisotopic (exact) mass is 457 g/mol. The number of aromatic nitrogens is 4. The number of benzene rings is 1. The summed E-state index contributed by atoms with van der Waals surface area (Å²) < 4.78 is 28.2. The summed E-state index contributed by atoms with van der Waals surface area (Å²) >= 11 is 0. The SMILES string of the molecule is C.Cc1nc(NCc2cnn(Cc3ccc(F)c(F)c3)c2)nc2c1NC(=O)[C@H](C(C)C)N2C. The Morgan fingerprint density at radius 3 is 2.64 bits per heavy atom. The van der Waals surface area contributed by atoms with E-state index in [9.17, 15) is 13.6 Å². The summed E-state index contributed by atoms with van der Waals surface area (Å²) in [4.78, 5) is 23.4. The Labute approximate surface area is 192 Å². The average Bonchev–Trinajstić information content (AvgIpc) is 3.17. The van der Waals surface area contributed by atoms with Gasteiger partial charge in [-0.25, -0.2) is 13.8 Å². The number of likely N-dealkylation sites (N-methyl/N-ethyl adjacent to an activating group) is 1. The van der Waals surface area contributed by atoms with Crippen molar-refractivity contribution in [3.8, 4) is 0 Å². The van der Waals surface area contributed by atoms with Crippen LogP contribution in [0.25, 0.3) is 0 Å². The highest BCUT2D eigenvalue weighted by Crippen LogP contribution is 2.34. The van der Waals surface area contributed by atoms with Gasteiger partial charge in [0.25, 0.3) is 0 Å². The Balaban J connectivity index is 0.00000306. The summed E-state index contributed by atoms with van der Waals surface area (Å²) in [5.41, 5.74) is 2.80. The van der Waals surface area contributed by atoms with Crippen molar-refractivity contribution in [2.75, 3.05) is 22.6 Å². The molecule has 0 aliphatic carbocycles. The van der Waals surface area contributed by atoms with E-state index in [1.165, 1.54) is 12.1 Å². The van der Waals surface area contributed by atoms with Crippen LogP contribution in [0.15, 0.2) is 30.6 Å². The standard InChI is InChI=1S/C22H25F2N7O.CH4/c1-12(2)19-21(32)28-18-13(3)27-22(29-20(18)30(19)4)25-8-15-9-26-31(11-15)10-14-5-6-16(23)17(24)7-14;/h5-7,9,11-12,19H,8,10H2,1-4H3,(H,28,32)(H,25,27,29);1H4/t19-;/m0./s1. The van der Waals surface area contributed by atoms with Gasteiger partial charge in [-0.1, -0.05) is 27.3 Å². The van der Waals surface area contributed by atoms with Crippen LogP contribution in [-0.2, 0) is 17.9 Å². The van der Waals surface area contributed by atoms with Gasteiger partial charge in [0.05, 0.1) is 18.4 Å². The molecule has 1 amide bonds. The molecule has 10 heteroatoms. The molecule has 8 nitrogen and oxygen atoms in total. The van der Waals surface area contributed by atoms with E-state index in [2.05, 4.69) is 25.7 Å². The van der Waals surface area contributed by atoms with E-state index in [1.54, 1.807) is 10.9 Å². The molecule has 176 valence electrons. The van der Waals surface area contributed by atoms with Crippen LogP contribution < -0.4 is 15.5 Å². The molecule has 2 N–H and O–H groups in total. The molecule has 3 heterocycles. The number of nitrogens with one attached hydrogen (secondary N) is 2. The van der Waals surface area contributed by atoms with E-state index in [4.69, 9.17) is 0 Å². The Kier molecular flexibility index (Phi) is 6.95. The molecule has 33 heavy (non-hydrogen) atoms. The third-order valence-electron chi connectivity index (χ3n) is 5.44. The molecule has 1 aliphatic rings. The van der Waals surface area contributed by atoms with Crippen molar-refractivity contribution < 1.29 is 13.6 Å². The van der Waals surface area contributed by atoms with Crippen LogP contribution in [0.4, 0.5) is 26.2 Å². The van der Waals surface area contributed by atoms with E-state index in [0.717, 1.165) is 11.6 Å². The molecule has 0 radical (unpaired) electrons. The van der Waals surface area contributed by atoms with Crippen molar-refractivity contribution in [2.24, 2.45) is 5.92 Å². The number of carbonyl (C=O) groups excluding carboxylic acids is 1. The second-order valence-electron chi connectivity index (χ2n) is 8.27. The van der Waals surface area contributed by atoms with Crippen LogP contribution in [0.3, 0.4) is 0 Å². The molecule has 0 saturated carbocycles. The van der Waals surface area contributed by atoms with Gasteiger partial charge in [-0.15, -0.1) is 0 Å². The van der Waals surface area contributed by atoms with Gasteiger partial charge in [0.1, 0.15) is 11.7 Å². The third kappa shape index (κ3) is 4.94. The molecule has 0 unspecified atom stereocenters. The Morgan fingerprint density at radius 2 is 1.94 bits per heavy atom. The lowest BCUT2D eigenvalue weighted by Crippen LogP contribution is -2.49. The number of halogens is 2. The third-order valence-corrected chi connectivity index (χ3v) is 5.44. The molecule has 3 aromatic rings. The van der Waals surface area contributed by atoms with E-state index in [0.29, 0.717) is 41.8 Å². The number of rotatable bonds is 6. The largest absolute Gasteiger partial charge is 0.350 e. The van der Waals surface area contributed by atoms with Crippen molar-refractivity contribution in [2.45, 2.75) is 47.3 Å². The topological polar surface area (TPSA) is 88.0 Å². The number of anilines is 3. The highest BCUT2D eigenvalue weighted by atomic mass is 19.2. The van der Waals surface area contributed by atoms with Gasteiger partial charge in [-0.3, -0.25) is 9.48 Å². The molecule has 2 aromatic heterocycles. The fourth-order valence-electron chi connectivity index (χ4n) is 3.88. The molecule has 4 rings (SSSR count). The molecule has 1 aliphatic heterocycles. The summed E-state index contributed by atoms with van der Waals surface area (Å²) in [6.45, 7) is 6.58. The maximum absolute atomic E-state index is 13.4. The fraction of sp³-hybridized carbons (Fsp3) is 0.391. The summed E-state index contributed by atoms with van der Waals surface area (Å²) in [6, 6.07) is 3.49. The Hall–Kier alpha value is -3.56. The van der Waals surface area contributed by atoms with Crippen molar-refractivity contribution in [3.63, 3.8) is 0 Å². The van der Waals surface area contributed by atoms with Gasteiger partial charge in [-0.05, 0) is 30.5 Å². The first kappa shape index (κ1) is 24.1. The van der Waals surface area contributed by atoms with Gasteiger partial charge in [0, 0.05) is 25.4 Å². The van der Waals surface area contributed by atoms with Crippen LogP contribution in [0.1, 0.15) is 38.1 Å². The highest BCUT2D eigenvalue weighted by Gasteiger charge is 2.35. The summed E-state index contributed by atoms with van der Waals surface area (Å²) in [6.07, 6.45) is 3.51. The molecule has 1 atom stereocenters. The van der Waals surface area contributed by atoms with Crippen molar-refractivity contribution in [3.05, 3.63) is 59.0 Å². The lowest BCUT2D eigenvalue weighted by molar-refractivity contribution is -0.118. The number of carbonyl (C=O) groups is 1. The number of aryl methyl sites for hydroxylation is 1. The van der Waals surface area contributed by atoms with Crippen molar-refractivity contribution >= 4 is 23.4 Å². The lowest BCUT2D eigenvalue weighted by Gasteiger charge is -2.36. The van der Waals surface area contributed by atoms with Gasteiger partial charge in [-0.2, -0.15) is 10.1 Å². The molecular weight excluding hydrogens is 428 g/mol. The maximum Gasteiger partial charge on any atom is 0.247 e. The number of hydrogen-bond donors (Lipinski definition) is 2. The zero-order chi connectivity index (χ0) is 23.0. The predicted octanol–water partition coefficient (Wildman–Crippen LogP) is 3.97. The van der Waals surface area contributed by atoms with Crippen LogP contribution in [0.5, 0.6) is 0 Å². The van der Waals surface area contributed by atoms with Gasteiger partial charge < -0.3 is 15.5 Å². The first-order chi connectivity index (χ1) is 15.2. The summed E-state index contributed by atoms with van der Waals surface area (Å²) in [5.74, 6) is -0.565. The fourth-order valence-corrected chi connectivity index (χ4v) is 3.88. The quantitative estimate of drug-likeness (QED) is 0.582. The molecule has 0 spiro atoms. The highest BCUT2D eigenvalue weighted by molar-refractivity contribution is 6.03. The number of amides is 1. The van der Waals surface area contributed by atoms with E-state index in [-0.39, 0.29) is 25.3 Å². The smallest absolute Gasteiger partial charge is 0.247 e. The lowest BCUT2D eigenvalue weighted by atomic mass is 9.99. The minimum Gasteiger partial charge on any atom is -0.350 e. The number of nitrogens with zero attached hydrogens (tertiary/aromatic N) is 5. The second-order valence-corrected chi connectivity index (χ2v) is 8.27. The van der Waals surface area contributed by atoms with Crippen LogP contribution >= 0.6 is 0 Å². The Bertz CT molecular complexity index is 1160. The second kappa shape index (κ2) is 9.51. The van der Waals surface area contributed by atoms with Crippen molar-refractivity contribution in [1.29, 1.82) is 0 Å². The molecular formula is C23H29F2N7O. The van der Waals surface area contributed by atoms with E-state index >= 15 is 0 Å². The number of hydrogen-bond acceptors (Lipinski definition) is 6. The number of fused-ring (bicyclic) bond motifs is 1. The van der Waals surface area contributed by atoms with Gasteiger partial charge in [0.2, 0.25) is 11.9 Å². The van der Waals surface area contributed by atoms with Crippen molar-refractivity contribution in [1.82, 2.24) is 19.7 Å². The molecule has 0 bridgehead atoms. The molecule has 1 aromatic carbocycles. The van der Waals surface area contributed by atoms with Crippen LogP contribution in [-0.4, -0.2) is 38.7 Å². The average molecular weight is 458 g/mol. The summed E-state index contributed by atoms with van der Waals surface area (Å²) in [7, 11) is 1.86. The first-order valence-electron chi connectivity index (χ1n) is 10.3. The zero-order valence-corrected chi connectivity index (χ0v) is 18.4. The van der Waals surface area contributed by atoms with E-state index in [1.807, 2.05) is 38.9 Å². The molecule has 0 saturated heterocycles. The summed E-state index contributed by atoms with van der Waals surface area (Å²) in [5, 5.41) is 10.4. The molecule has 0 fully saturated rings.